The molecule has 0 aromatic heterocycles. The third kappa shape index (κ3) is 3.45. The van der Waals surface area contributed by atoms with Crippen LogP contribution >= 0.6 is 0 Å². The maximum absolute atomic E-state index is 11.0. The van der Waals surface area contributed by atoms with Crippen LogP contribution in [0.2, 0.25) is 0 Å². The van der Waals surface area contributed by atoms with Crippen LogP contribution in [0.3, 0.4) is 0 Å². The first-order valence-corrected chi connectivity index (χ1v) is 7.11. The molecule has 92 valence electrons. The van der Waals surface area contributed by atoms with E-state index in [9.17, 15) is 13.2 Å². The van der Waals surface area contributed by atoms with Gasteiger partial charge in [0.2, 0.25) is 10.0 Å². The number of aldehydes is 1. The van der Waals surface area contributed by atoms with E-state index in [1.807, 2.05) is 0 Å². The zero-order valence-corrected chi connectivity index (χ0v) is 10.2. The lowest BCUT2D eigenvalue weighted by Crippen LogP contribution is -2.10. The first-order chi connectivity index (χ1) is 7.98. The smallest absolute Gasteiger partial charge is 0.229 e. The summed E-state index contributed by atoms with van der Waals surface area (Å²) < 4.78 is 29.9. The van der Waals surface area contributed by atoms with Gasteiger partial charge in [-0.25, -0.2) is 8.42 Å². The second kappa shape index (κ2) is 4.37. The number of hydrogen-bond donors (Lipinski definition) is 1. The third-order valence-corrected chi connectivity index (χ3v) is 2.86. The molecule has 0 aliphatic heterocycles. The molecule has 0 saturated heterocycles. The van der Waals surface area contributed by atoms with Gasteiger partial charge in [-0.3, -0.25) is 9.52 Å². The number of carbonyl (C=O) groups excluding carboxylic acids is 1. The van der Waals surface area contributed by atoms with Crippen molar-refractivity contribution in [2.24, 2.45) is 0 Å². The highest BCUT2D eigenvalue weighted by atomic mass is 32.2. The normalized spacial score (nSPS) is 15.4. The van der Waals surface area contributed by atoms with Gasteiger partial charge in [0.1, 0.15) is 5.75 Å². The molecule has 1 aliphatic rings. The van der Waals surface area contributed by atoms with Gasteiger partial charge < -0.3 is 4.74 Å². The molecule has 1 aromatic carbocycles. The van der Waals surface area contributed by atoms with E-state index >= 15 is 0 Å². The zero-order chi connectivity index (χ0) is 12.5. The fourth-order valence-electron chi connectivity index (χ4n) is 1.39. The minimum absolute atomic E-state index is 0.197. The van der Waals surface area contributed by atoms with Crippen LogP contribution in [0.5, 0.6) is 5.75 Å². The van der Waals surface area contributed by atoms with Crippen molar-refractivity contribution < 1.29 is 17.9 Å². The van der Waals surface area contributed by atoms with Gasteiger partial charge >= 0.3 is 0 Å². The summed E-state index contributed by atoms with van der Waals surface area (Å²) >= 11 is 0. The highest BCUT2D eigenvalue weighted by Crippen LogP contribution is 2.30. The maximum atomic E-state index is 11.0. The van der Waals surface area contributed by atoms with Crippen LogP contribution in [-0.4, -0.2) is 27.1 Å². The summed E-state index contributed by atoms with van der Waals surface area (Å²) in [5.41, 5.74) is 0.711. The van der Waals surface area contributed by atoms with E-state index in [1.54, 1.807) is 12.1 Å². The average molecular weight is 255 g/mol. The Morgan fingerprint density at radius 2 is 2.12 bits per heavy atom. The van der Waals surface area contributed by atoms with Gasteiger partial charge in [0.05, 0.1) is 17.9 Å². The molecule has 1 N–H and O–H groups in total. The Bertz CT molecular complexity index is 534. The molecule has 2 rings (SSSR count). The standard InChI is InChI=1S/C11H13NO4S/c1-17(14,15)12-9-2-5-11(8(6-9)7-13)16-10-3-4-10/h2,5-7,10,12H,3-4H2,1H3. The highest BCUT2D eigenvalue weighted by molar-refractivity contribution is 7.92. The molecule has 0 spiro atoms. The van der Waals surface area contributed by atoms with Crippen molar-refractivity contribution in [1.82, 2.24) is 0 Å². The molecule has 0 atom stereocenters. The third-order valence-electron chi connectivity index (χ3n) is 2.26. The predicted molar refractivity (Wildman–Crippen MR) is 63.9 cm³/mol. The van der Waals surface area contributed by atoms with Crippen molar-refractivity contribution in [3.8, 4) is 5.75 Å². The minimum atomic E-state index is -3.33. The molecule has 0 amide bonds. The van der Waals surface area contributed by atoms with E-state index in [-0.39, 0.29) is 6.10 Å². The van der Waals surface area contributed by atoms with E-state index in [2.05, 4.69) is 4.72 Å². The lowest BCUT2D eigenvalue weighted by molar-refractivity contribution is 0.111. The average Bonchev–Trinajstić information content (AvgIpc) is 3.02. The SMILES string of the molecule is CS(=O)(=O)Nc1ccc(OC2CC2)c(C=O)c1. The largest absolute Gasteiger partial charge is 0.490 e. The van der Waals surface area contributed by atoms with Crippen LogP contribution < -0.4 is 9.46 Å². The van der Waals surface area contributed by atoms with E-state index in [0.717, 1.165) is 19.1 Å². The van der Waals surface area contributed by atoms with Crippen LogP contribution in [0.4, 0.5) is 5.69 Å². The van der Waals surface area contributed by atoms with Gasteiger partial charge in [-0.2, -0.15) is 0 Å². The number of benzene rings is 1. The number of carbonyl (C=O) groups is 1. The van der Waals surface area contributed by atoms with Crippen LogP contribution in [-0.2, 0) is 10.0 Å². The lowest BCUT2D eigenvalue weighted by atomic mass is 10.2. The molecular weight excluding hydrogens is 242 g/mol. The van der Waals surface area contributed by atoms with Crippen LogP contribution in [0.1, 0.15) is 23.2 Å². The maximum Gasteiger partial charge on any atom is 0.229 e. The predicted octanol–water partition coefficient (Wildman–Crippen LogP) is 1.41. The topological polar surface area (TPSA) is 72.5 Å². The molecule has 1 aromatic rings. The van der Waals surface area contributed by atoms with Gasteiger partial charge in [0.25, 0.3) is 0 Å². The Labute approximate surface area is 99.8 Å². The van der Waals surface area contributed by atoms with Gasteiger partial charge in [-0.1, -0.05) is 0 Å². The molecule has 1 aliphatic carbocycles. The summed E-state index contributed by atoms with van der Waals surface area (Å²) in [7, 11) is -3.33. The number of ether oxygens (including phenoxy) is 1. The van der Waals surface area contributed by atoms with Crippen molar-refractivity contribution in [2.75, 3.05) is 11.0 Å². The summed E-state index contributed by atoms with van der Waals surface area (Å²) in [6.07, 6.45) is 3.92. The molecule has 6 heteroatoms. The minimum Gasteiger partial charge on any atom is -0.490 e. The van der Waals surface area contributed by atoms with E-state index in [1.165, 1.54) is 6.07 Å². The van der Waals surface area contributed by atoms with Crippen molar-refractivity contribution in [3.63, 3.8) is 0 Å². The second-order valence-electron chi connectivity index (χ2n) is 4.06. The molecule has 0 unspecified atom stereocenters. The Morgan fingerprint density at radius 3 is 2.65 bits per heavy atom. The van der Waals surface area contributed by atoms with Crippen molar-refractivity contribution in [3.05, 3.63) is 23.8 Å². The first-order valence-electron chi connectivity index (χ1n) is 5.21. The number of sulfonamides is 1. The summed E-state index contributed by atoms with van der Waals surface area (Å²) in [6.45, 7) is 0. The quantitative estimate of drug-likeness (QED) is 0.807. The number of anilines is 1. The Morgan fingerprint density at radius 1 is 1.41 bits per heavy atom. The first kappa shape index (κ1) is 11.9. The fourth-order valence-corrected chi connectivity index (χ4v) is 1.95. The molecule has 5 nitrogen and oxygen atoms in total. The van der Waals surface area contributed by atoms with Crippen LogP contribution in [0.25, 0.3) is 0 Å². The molecule has 0 bridgehead atoms. The Balaban J connectivity index is 2.23. The molecule has 1 fully saturated rings. The van der Waals surface area contributed by atoms with Gasteiger partial charge in [-0.05, 0) is 31.0 Å². The zero-order valence-electron chi connectivity index (χ0n) is 9.34. The number of rotatable bonds is 5. The van der Waals surface area contributed by atoms with E-state index in [0.29, 0.717) is 23.3 Å². The number of hydrogen-bond acceptors (Lipinski definition) is 4. The Hall–Kier alpha value is -1.56. The van der Waals surface area contributed by atoms with Crippen molar-refractivity contribution in [1.29, 1.82) is 0 Å². The van der Waals surface area contributed by atoms with Gasteiger partial charge in [0.15, 0.2) is 6.29 Å². The summed E-state index contributed by atoms with van der Waals surface area (Å²) in [6, 6.07) is 4.65. The molecule has 0 radical (unpaired) electrons. The highest BCUT2D eigenvalue weighted by Gasteiger charge is 2.24. The van der Waals surface area contributed by atoms with E-state index < -0.39 is 10.0 Å². The van der Waals surface area contributed by atoms with Crippen molar-refractivity contribution in [2.45, 2.75) is 18.9 Å². The van der Waals surface area contributed by atoms with Crippen LogP contribution in [0.15, 0.2) is 18.2 Å². The second-order valence-corrected chi connectivity index (χ2v) is 5.81. The van der Waals surface area contributed by atoms with Gasteiger partial charge in [0, 0.05) is 5.69 Å². The summed E-state index contributed by atoms with van der Waals surface area (Å²) in [5, 5.41) is 0. The van der Waals surface area contributed by atoms with Crippen molar-refractivity contribution >= 4 is 22.0 Å². The molecule has 17 heavy (non-hydrogen) atoms. The van der Waals surface area contributed by atoms with E-state index in [4.69, 9.17) is 4.74 Å². The lowest BCUT2D eigenvalue weighted by Gasteiger charge is -2.09. The van der Waals surface area contributed by atoms with Crippen LogP contribution in [0, 0.1) is 0 Å². The summed E-state index contributed by atoms with van der Waals surface area (Å²) in [4.78, 5) is 10.9. The number of nitrogens with one attached hydrogen (secondary N) is 1. The molecule has 0 heterocycles. The van der Waals surface area contributed by atoms with Gasteiger partial charge in [-0.15, -0.1) is 0 Å². The molecular formula is C11H13NO4S. The fraction of sp³-hybridized carbons (Fsp3) is 0.364. The monoisotopic (exact) mass is 255 g/mol. The molecule has 1 saturated carbocycles. The Kier molecular flexibility index (Phi) is 3.06. The summed E-state index contributed by atoms with van der Waals surface area (Å²) in [5.74, 6) is 0.501.